The number of nitrogens with two attached hydrogens (primary N) is 1. The van der Waals surface area contributed by atoms with E-state index in [9.17, 15) is 0 Å². The molecule has 1 aromatic carbocycles. The molecule has 0 bridgehead atoms. The predicted octanol–water partition coefficient (Wildman–Crippen LogP) is 1.82. The molecular weight excluding hydrogens is 221 g/mol. The van der Waals surface area contributed by atoms with Crippen molar-refractivity contribution in [1.82, 2.24) is 10.9 Å². The summed E-state index contributed by atoms with van der Waals surface area (Å²) in [7, 11) is 0. The van der Waals surface area contributed by atoms with Gasteiger partial charge in [0, 0.05) is 0 Å². The number of hydrazine groups is 1. The van der Waals surface area contributed by atoms with E-state index in [1.165, 1.54) is 0 Å². The minimum Gasteiger partial charge on any atom is -0.315 e. The van der Waals surface area contributed by atoms with E-state index in [0.717, 1.165) is 12.0 Å². The van der Waals surface area contributed by atoms with Crippen LogP contribution in [0.5, 0.6) is 0 Å². The van der Waals surface area contributed by atoms with Gasteiger partial charge in [-0.3, -0.25) is 0 Å². The fourth-order valence-electron chi connectivity index (χ4n) is 1.57. The van der Waals surface area contributed by atoms with Crippen LogP contribution < -0.4 is 16.6 Å². The van der Waals surface area contributed by atoms with Crippen LogP contribution in [-0.2, 0) is 0 Å². The highest BCUT2D eigenvalue weighted by atomic mass is 35.5. The van der Waals surface area contributed by atoms with Gasteiger partial charge < -0.3 is 5.73 Å². The summed E-state index contributed by atoms with van der Waals surface area (Å²) in [5, 5.41) is 1.18. The molecule has 2 rings (SSSR count). The molecule has 1 aromatic rings. The van der Waals surface area contributed by atoms with E-state index >= 15 is 0 Å². The highest BCUT2D eigenvalue weighted by molar-refractivity contribution is 6.42. The number of benzene rings is 1. The van der Waals surface area contributed by atoms with Crippen LogP contribution in [0.15, 0.2) is 18.2 Å². The molecule has 1 aliphatic rings. The molecule has 1 saturated heterocycles. The Hall–Kier alpha value is -0.320. The van der Waals surface area contributed by atoms with Crippen molar-refractivity contribution in [3.8, 4) is 0 Å². The van der Waals surface area contributed by atoms with Crippen LogP contribution in [0.25, 0.3) is 0 Å². The zero-order valence-corrected chi connectivity index (χ0v) is 8.94. The van der Waals surface area contributed by atoms with Gasteiger partial charge >= 0.3 is 0 Å². The Morgan fingerprint density at radius 3 is 2.71 bits per heavy atom. The summed E-state index contributed by atoms with van der Waals surface area (Å²) in [6, 6.07) is 5.74. The average Bonchev–Trinajstić information content (AvgIpc) is 2.57. The molecule has 5 heteroatoms. The van der Waals surface area contributed by atoms with E-state index in [-0.39, 0.29) is 12.2 Å². The summed E-state index contributed by atoms with van der Waals surface area (Å²) < 4.78 is 0. The van der Waals surface area contributed by atoms with Gasteiger partial charge in [0.05, 0.1) is 22.3 Å². The van der Waals surface area contributed by atoms with Gasteiger partial charge in [-0.25, -0.2) is 10.9 Å². The Morgan fingerprint density at radius 1 is 1.29 bits per heavy atom. The van der Waals surface area contributed by atoms with Crippen LogP contribution in [0.1, 0.15) is 18.0 Å². The second kappa shape index (κ2) is 4.04. The third kappa shape index (κ3) is 1.87. The van der Waals surface area contributed by atoms with Crippen LogP contribution in [0.2, 0.25) is 10.0 Å². The number of hydrogen-bond acceptors (Lipinski definition) is 3. The number of halogens is 2. The van der Waals surface area contributed by atoms with Crippen molar-refractivity contribution in [1.29, 1.82) is 0 Å². The first kappa shape index (κ1) is 10.2. The van der Waals surface area contributed by atoms with Crippen molar-refractivity contribution >= 4 is 23.2 Å². The lowest BCUT2D eigenvalue weighted by Crippen LogP contribution is -2.36. The average molecular weight is 232 g/mol. The van der Waals surface area contributed by atoms with E-state index in [4.69, 9.17) is 28.9 Å². The maximum absolute atomic E-state index is 6.08. The zero-order valence-electron chi connectivity index (χ0n) is 7.43. The Labute approximate surface area is 92.5 Å². The first-order valence-electron chi connectivity index (χ1n) is 4.39. The summed E-state index contributed by atoms with van der Waals surface area (Å²) in [6.45, 7) is 0. The molecule has 0 radical (unpaired) electrons. The maximum atomic E-state index is 6.08. The molecule has 14 heavy (non-hydrogen) atoms. The molecule has 0 aliphatic carbocycles. The van der Waals surface area contributed by atoms with Gasteiger partial charge in [-0.2, -0.15) is 0 Å². The van der Waals surface area contributed by atoms with Crippen LogP contribution in [0.3, 0.4) is 0 Å². The van der Waals surface area contributed by atoms with E-state index in [1.54, 1.807) is 6.07 Å². The maximum Gasteiger partial charge on any atom is 0.0698 e. The van der Waals surface area contributed by atoms with Crippen molar-refractivity contribution in [2.24, 2.45) is 5.73 Å². The minimum atomic E-state index is -0.0324. The predicted molar refractivity (Wildman–Crippen MR) is 58.1 cm³/mol. The molecule has 76 valence electrons. The molecule has 2 unspecified atom stereocenters. The highest BCUT2D eigenvalue weighted by Gasteiger charge is 2.24. The van der Waals surface area contributed by atoms with Crippen LogP contribution in [0.4, 0.5) is 0 Å². The van der Waals surface area contributed by atoms with Crippen molar-refractivity contribution < 1.29 is 0 Å². The molecule has 1 aliphatic heterocycles. The summed E-state index contributed by atoms with van der Waals surface area (Å²) >= 11 is 12.0. The van der Waals surface area contributed by atoms with Crippen LogP contribution in [0, 0.1) is 0 Å². The van der Waals surface area contributed by atoms with Gasteiger partial charge in [0.1, 0.15) is 0 Å². The van der Waals surface area contributed by atoms with Crippen molar-refractivity contribution in [3.05, 3.63) is 33.8 Å². The second-order valence-electron chi connectivity index (χ2n) is 3.33. The molecule has 4 N–H and O–H groups in total. The van der Waals surface area contributed by atoms with Gasteiger partial charge in [-0.05, 0) is 18.1 Å². The molecular formula is C9H11Cl2N3. The van der Waals surface area contributed by atoms with Gasteiger partial charge in [-0.1, -0.05) is 35.3 Å². The van der Waals surface area contributed by atoms with Crippen LogP contribution >= 0.6 is 23.2 Å². The molecule has 3 nitrogen and oxygen atoms in total. The number of hydrogen-bond donors (Lipinski definition) is 3. The topological polar surface area (TPSA) is 50.1 Å². The first-order chi connectivity index (χ1) is 6.68. The molecule has 2 atom stereocenters. The second-order valence-corrected chi connectivity index (χ2v) is 4.11. The fourth-order valence-corrected chi connectivity index (χ4v) is 2.01. The molecule has 1 fully saturated rings. The van der Waals surface area contributed by atoms with Crippen molar-refractivity contribution in [2.45, 2.75) is 18.6 Å². The third-order valence-corrected chi connectivity index (χ3v) is 3.12. The van der Waals surface area contributed by atoms with E-state index in [2.05, 4.69) is 10.9 Å². The lowest BCUT2D eigenvalue weighted by Gasteiger charge is -2.12. The van der Waals surface area contributed by atoms with E-state index in [1.807, 2.05) is 12.1 Å². The van der Waals surface area contributed by atoms with Gasteiger partial charge in [0.2, 0.25) is 0 Å². The van der Waals surface area contributed by atoms with E-state index in [0.29, 0.717) is 10.0 Å². The summed E-state index contributed by atoms with van der Waals surface area (Å²) in [6.07, 6.45) is 0.773. The zero-order chi connectivity index (χ0) is 10.1. The summed E-state index contributed by atoms with van der Waals surface area (Å²) in [4.78, 5) is 0. The normalized spacial score (nSPS) is 26.8. The third-order valence-electron chi connectivity index (χ3n) is 2.29. The number of nitrogens with one attached hydrogen (secondary N) is 2. The molecule has 1 heterocycles. The standard InChI is InChI=1S/C9H11Cl2N3/c10-6-3-1-2-5(9(6)11)7-4-8(12)14-13-7/h1-3,7-8,13-14H,4,12H2. The Balaban J connectivity index is 2.28. The van der Waals surface area contributed by atoms with Gasteiger partial charge in [-0.15, -0.1) is 0 Å². The minimum absolute atomic E-state index is 0.0324. The van der Waals surface area contributed by atoms with Crippen molar-refractivity contribution in [2.75, 3.05) is 0 Å². The SMILES string of the molecule is NC1CC(c2cccc(Cl)c2Cl)NN1. The Morgan fingerprint density at radius 2 is 2.07 bits per heavy atom. The number of rotatable bonds is 1. The first-order valence-corrected chi connectivity index (χ1v) is 5.14. The van der Waals surface area contributed by atoms with Gasteiger partial charge in [0.15, 0.2) is 0 Å². The smallest absolute Gasteiger partial charge is 0.0698 e. The molecule has 0 aromatic heterocycles. The molecule has 0 saturated carbocycles. The fraction of sp³-hybridized carbons (Fsp3) is 0.333. The van der Waals surface area contributed by atoms with E-state index < -0.39 is 0 Å². The largest absolute Gasteiger partial charge is 0.315 e. The molecule has 0 amide bonds. The summed E-state index contributed by atoms with van der Waals surface area (Å²) in [5.41, 5.74) is 12.7. The van der Waals surface area contributed by atoms with Gasteiger partial charge in [0.25, 0.3) is 0 Å². The highest BCUT2D eigenvalue weighted by Crippen LogP contribution is 2.32. The quantitative estimate of drug-likeness (QED) is 0.692. The molecule has 0 spiro atoms. The Bertz CT molecular complexity index is 343. The Kier molecular flexibility index (Phi) is 2.95. The van der Waals surface area contributed by atoms with Crippen LogP contribution in [-0.4, -0.2) is 6.17 Å². The lowest BCUT2D eigenvalue weighted by atomic mass is 10.0. The lowest BCUT2D eigenvalue weighted by molar-refractivity contribution is 0.552. The van der Waals surface area contributed by atoms with Crippen molar-refractivity contribution in [3.63, 3.8) is 0 Å². The summed E-state index contributed by atoms with van der Waals surface area (Å²) in [5.74, 6) is 0. The monoisotopic (exact) mass is 231 g/mol.